The summed E-state index contributed by atoms with van der Waals surface area (Å²) in [6, 6.07) is 7.25. The maximum absolute atomic E-state index is 13.7. The van der Waals surface area contributed by atoms with Gasteiger partial charge in [0.1, 0.15) is 12.4 Å². The van der Waals surface area contributed by atoms with Gasteiger partial charge in [-0.2, -0.15) is 0 Å². The number of ether oxygens (including phenoxy) is 1. The second-order valence-corrected chi connectivity index (χ2v) is 11.6. The van der Waals surface area contributed by atoms with E-state index in [0.29, 0.717) is 23.3 Å². The first-order valence-electron chi connectivity index (χ1n) is 12.1. The number of halogens is 1. The van der Waals surface area contributed by atoms with E-state index in [1.807, 2.05) is 39.0 Å². The molecule has 0 aromatic heterocycles. The highest BCUT2D eigenvalue weighted by Crippen LogP contribution is 2.55. The first-order valence-corrected chi connectivity index (χ1v) is 12.9. The number of imide groups is 1. The molecule has 0 saturated carbocycles. The van der Waals surface area contributed by atoms with Crippen molar-refractivity contribution in [2.45, 2.75) is 45.1 Å². The van der Waals surface area contributed by atoms with Crippen LogP contribution in [0.1, 0.15) is 45.1 Å². The first-order chi connectivity index (χ1) is 17.0. The fourth-order valence-corrected chi connectivity index (χ4v) is 6.61. The third-order valence-corrected chi connectivity index (χ3v) is 8.16. The summed E-state index contributed by atoms with van der Waals surface area (Å²) in [6.07, 6.45) is 4.01. The lowest BCUT2D eigenvalue weighted by Crippen LogP contribution is -2.46. The molecule has 0 radical (unpaired) electrons. The summed E-state index contributed by atoms with van der Waals surface area (Å²) in [7, 11) is 0. The zero-order valence-corrected chi connectivity index (χ0v) is 22.0. The molecule has 4 aliphatic rings. The van der Waals surface area contributed by atoms with Gasteiger partial charge < -0.3 is 9.84 Å². The molecule has 1 aromatic carbocycles. The van der Waals surface area contributed by atoms with Crippen LogP contribution in [0.5, 0.6) is 5.75 Å². The minimum Gasteiger partial charge on any atom is -0.491 e. The summed E-state index contributed by atoms with van der Waals surface area (Å²) >= 11 is 3.24. The number of amides is 2. The van der Waals surface area contributed by atoms with E-state index in [4.69, 9.17) is 9.84 Å². The molecule has 7 nitrogen and oxygen atoms in total. The van der Waals surface area contributed by atoms with Crippen molar-refractivity contribution in [2.24, 2.45) is 17.8 Å². The fraction of sp³-hybridized carbons (Fsp3) is 0.429. The summed E-state index contributed by atoms with van der Waals surface area (Å²) in [5, 5.41) is 9.03. The number of hydrogen-bond acceptors (Lipinski definition) is 6. The lowest BCUT2D eigenvalue weighted by Gasteiger charge is -2.42. The number of rotatable bonds is 4. The van der Waals surface area contributed by atoms with E-state index in [2.05, 4.69) is 15.9 Å². The molecule has 4 atom stereocenters. The van der Waals surface area contributed by atoms with Crippen LogP contribution in [0.3, 0.4) is 0 Å². The van der Waals surface area contributed by atoms with E-state index >= 15 is 0 Å². The van der Waals surface area contributed by atoms with Gasteiger partial charge in [-0.25, -0.2) is 0 Å². The Balaban J connectivity index is 1.62. The van der Waals surface area contributed by atoms with E-state index in [-0.39, 0.29) is 53.4 Å². The summed E-state index contributed by atoms with van der Waals surface area (Å²) in [5.74, 6) is -2.13. The Morgan fingerprint density at radius 2 is 1.75 bits per heavy atom. The molecular weight excluding hydrogens is 526 g/mol. The monoisotopic (exact) mass is 553 g/mol. The molecule has 5 rings (SSSR count). The largest absolute Gasteiger partial charge is 0.491 e. The molecule has 3 aliphatic carbocycles. The maximum Gasteiger partial charge on any atom is 0.234 e. The topological polar surface area (TPSA) is 101 Å². The van der Waals surface area contributed by atoms with Crippen LogP contribution >= 0.6 is 15.9 Å². The summed E-state index contributed by atoms with van der Waals surface area (Å²) in [5.41, 5.74) is 1.94. The number of hydrogen-bond donors (Lipinski definition) is 1. The zero-order chi connectivity index (χ0) is 25.9. The Morgan fingerprint density at radius 3 is 2.39 bits per heavy atom. The smallest absolute Gasteiger partial charge is 0.234 e. The summed E-state index contributed by atoms with van der Waals surface area (Å²) in [6.45, 7) is 5.62. The molecule has 1 aliphatic heterocycles. The third kappa shape index (κ3) is 3.82. The fourth-order valence-electron chi connectivity index (χ4n) is 6.17. The minimum atomic E-state index is -0.642. The van der Waals surface area contributed by atoms with Crippen LogP contribution in [0, 0.1) is 17.8 Å². The molecule has 0 spiro atoms. The molecule has 0 unspecified atom stereocenters. The predicted octanol–water partition coefficient (Wildman–Crippen LogP) is 3.62. The molecule has 188 valence electrons. The number of Topliss-reactive ketones (excluding diaryl/α,β-unsaturated/α-hetero) is 1. The number of ketones is 2. The van der Waals surface area contributed by atoms with Gasteiger partial charge in [0.2, 0.25) is 11.8 Å². The molecule has 2 amide bonds. The molecule has 1 heterocycles. The Hall–Kier alpha value is -2.84. The van der Waals surface area contributed by atoms with Crippen LogP contribution in [0.2, 0.25) is 0 Å². The van der Waals surface area contributed by atoms with Crippen LogP contribution < -0.4 is 4.74 Å². The molecule has 1 N–H and O–H groups in total. The van der Waals surface area contributed by atoms with Crippen molar-refractivity contribution in [1.82, 2.24) is 4.90 Å². The average Bonchev–Trinajstić information content (AvgIpc) is 3.10. The maximum atomic E-state index is 13.7. The van der Waals surface area contributed by atoms with Gasteiger partial charge in [-0.15, -0.1) is 0 Å². The van der Waals surface area contributed by atoms with Gasteiger partial charge in [-0.05, 0) is 73.2 Å². The number of allylic oxidation sites excluding steroid dienone is 6. The first kappa shape index (κ1) is 24.8. The highest BCUT2D eigenvalue weighted by molar-refractivity contribution is 9.12. The van der Waals surface area contributed by atoms with E-state index in [0.717, 1.165) is 11.1 Å². The van der Waals surface area contributed by atoms with Crippen molar-refractivity contribution < 1.29 is 29.0 Å². The SMILES string of the molecule is CC(C)(C)N1C(=O)[C@H]2[C@H](CC=C3[C@H](c4ccc(OCCO)cc4)C4=C(C[C@H]32)C(=O)C(Br)=CC4=O)C1=O. The quantitative estimate of drug-likeness (QED) is 0.347. The normalized spacial score (nSPS) is 28.0. The van der Waals surface area contributed by atoms with Crippen LogP contribution in [0.25, 0.3) is 0 Å². The van der Waals surface area contributed by atoms with Crippen molar-refractivity contribution in [3.8, 4) is 5.75 Å². The standard InChI is InChI=1S/C28H28BrNO6/c1-28(2,3)30-26(34)17-9-8-16-18(23(17)27(30)35)12-19-24(21(32)13-20(29)25(19)33)22(16)14-4-6-15(7-5-14)36-11-10-31/h4-8,13,17-18,22-23,31H,9-12H2,1-3H3/t17-,18+,22-,23-/m0/s1. The number of likely N-dealkylation sites (tertiary alicyclic amines) is 1. The van der Waals surface area contributed by atoms with Gasteiger partial charge in [0.05, 0.1) is 22.9 Å². The van der Waals surface area contributed by atoms with Crippen LogP contribution in [-0.2, 0) is 19.2 Å². The predicted molar refractivity (Wildman–Crippen MR) is 135 cm³/mol. The number of carbonyl (C=O) groups excluding carboxylic acids is 4. The highest BCUT2D eigenvalue weighted by atomic mass is 79.9. The average molecular weight is 554 g/mol. The van der Waals surface area contributed by atoms with Gasteiger partial charge in [0, 0.05) is 28.7 Å². The van der Waals surface area contributed by atoms with E-state index < -0.39 is 23.3 Å². The van der Waals surface area contributed by atoms with Crippen molar-refractivity contribution in [2.75, 3.05) is 13.2 Å². The van der Waals surface area contributed by atoms with Crippen LogP contribution in [-0.4, -0.2) is 52.1 Å². The minimum absolute atomic E-state index is 0.103. The van der Waals surface area contributed by atoms with Crippen LogP contribution in [0.15, 0.2) is 57.6 Å². The Kier molecular flexibility index (Phi) is 6.16. The number of aliphatic hydroxyl groups is 1. The summed E-state index contributed by atoms with van der Waals surface area (Å²) in [4.78, 5) is 54.8. The third-order valence-electron chi connectivity index (χ3n) is 7.58. The molecule has 36 heavy (non-hydrogen) atoms. The molecular formula is C28H28BrNO6. The zero-order valence-electron chi connectivity index (χ0n) is 20.4. The lowest BCUT2D eigenvalue weighted by atomic mass is 9.59. The second-order valence-electron chi connectivity index (χ2n) is 10.7. The molecule has 8 heteroatoms. The number of fused-ring (bicyclic) bond motifs is 3. The van der Waals surface area contributed by atoms with Crippen molar-refractivity contribution in [1.29, 1.82) is 0 Å². The Bertz CT molecular complexity index is 1270. The van der Waals surface area contributed by atoms with Crippen molar-refractivity contribution in [3.05, 3.63) is 63.2 Å². The summed E-state index contributed by atoms with van der Waals surface area (Å²) < 4.78 is 5.70. The Labute approximate surface area is 218 Å². The number of benzene rings is 1. The van der Waals surface area contributed by atoms with Gasteiger partial charge in [-0.3, -0.25) is 24.1 Å². The van der Waals surface area contributed by atoms with Crippen molar-refractivity contribution >= 4 is 39.3 Å². The second kappa shape index (κ2) is 8.92. The van der Waals surface area contributed by atoms with Crippen LogP contribution in [0.4, 0.5) is 0 Å². The van der Waals surface area contributed by atoms with E-state index in [1.54, 1.807) is 12.1 Å². The lowest BCUT2D eigenvalue weighted by molar-refractivity contribution is -0.145. The molecule has 1 aromatic rings. The number of nitrogens with zero attached hydrogens (tertiary/aromatic N) is 1. The molecule has 1 saturated heterocycles. The van der Waals surface area contributed by atoms with E-state index in [9.17, 15) is 19.2 Å². The highest BCUT2D eigenvalue weighted by Gasteiger charge is 2.58. The van der Waals surface area contributed by atoms with Gasteiger partial charge in [0.25, 0.3) is 0 Å². The molecule has 0 bridgehead atoms. The van der Waals surface area contributed by atoms with Crippen molar-refractivity contribution in [3.63, 3.8) is 0 Å². The van der Waals surface area contributed by atoms with Gasteiger partial charge >= 0.3 is 0 Å². The van der Waals surface area contributed by atoms with Gasteiger partial charge in [0.15, 0.2) is 11.6 Å². The number of aliphatic hydroxyl groups excluding tert-OH is 1. The Morgan fingerprint density at radius 1 is 1.06 bits per heavy atom. The molecule has 1 fully saturated rings. The number of carbonyl (C=O) groups is 4. The van der Waals surface area contributed by atoms with E-state index in [1.165, 1.54) is 11.0 Å². The van der Waals surface area contributed by atoms with Gasteiger partial charge in [-0.1, -0.05) is 23.8 Å².